The van der Waals surface area contributed by atoms with Gasteiger partial charge in [0, 0.05) is 11.2 Å². The van der Waals surface area contributed by atoms with E-state index in [9.17, 15) is 16.8 Å². The number of nitrogens with zero attached hydrogens (tertiary/aromatic N) is 1. The van der Waals surface area contributed by atoms with Crippen LogP contribution in [0, 0.1) is 0 Å². The SMILES string of the molecule is CS(=O)(=O)[N-]S(=O)(=O)c1ccc2ccccc2c1. The Labute approximate surface area is 106 Å². The van der Waals surface area contributed by atoms with Crippen LogP contribution in [0.25, 0.3) is 14.9 Å². The van der Waals surface area contributed by atoms with Crippen molar-refractivity contribution in [1.29, 1.82) is 0 Å². The van der Waals surface area contributed by atoms with Crippen LogP contribution in [-0.2, 0) is 20.0 Å². The Bertz CT molecular complexity index is 795. The fraction of sp³-hybridized carbons (Fsp3) is 0.0909. The molecule has 2 rings (SSSR count). The molecule has 0 heterocycles. The number of fused-ring (bicyclic) bond motifs is 1. The average Bonchev–Trinajstić information content (AvgIpc) is 2.25. The van der Waals surface area contributed by atoms with Crippen molar-refractivity contribution < 1.29 is 16.8 Å². The van der Waals surface area contributed by atoms with E-state index in [4.69, 9.17) is 0 Å². The van der Waals surface area contributed by atoms with Crippen LogP contribution in [0.5, 0.6) is 0 Å². The van der Waals surface area contributed by atoms with Crippen LogP contribution in [0.4, 0.5) is 0 Å². The zero-order valence-electron chi connectivity index (χ0n) is 9.44. The first-order valence-electron chi connectivity index (χ1n) is 4.96. The Kier molecular flexibility index (Phi) is 3.14. The van der Waals surface area contributed by atoms with Gasteiger partial charge in [-0.15, -0.1) is 0 Å². The zero-order chi connectivity index (χ0) is 13.4. The van der Waals surface area contributed by atoms with Crippen LogP contribution in [0.3, 0.4) is 0 Å². The van der Waals surface area contributed by atoms with Crippen molar-refractivity contribution in [2.45, 2.75) is 4.90 Å². The summed E-state index contributed by atoms with van der Waals surface area (Å²) < 4.78 is 48.2. The second kappa shape index (κ2) is 4.34. The summed E-state index contributed by atoms with van der Waals surface area (Å²) >= 11 is 0. The number of rotatable bonds is 3. The van der Waals surface area contributed by atoms with Crippen molar-refractivity contribution in [2.75, 3.05) is 6.26 Å². The van der Waals surface area contributed by atoms with Crippen molar-refractivity contribution in [3.63, 3.8) is 0 Å². The molecule has 5 nitrogen and oxygen atoms in total. The molecule has 0 aliphatic heterocycles. The summed E-state index contributed by atoms with van der Waals surface area (Å²) in [5.74, 6) is 0. The molecular weight excluding hydrogens is 274 g/mol. The molecule has 2 aromatic carbocycles. The van der Waals surface area contributed by atoms with Crippen molar-refractivity contribution >= 4 is 30.8 Å². The zero-order valence-corrected chi connectivity index (χ0v) is 11.1. The minimum absolute atomic E-state index is 0.133. The normalized spacial score (nSPS) is 12.7. The lowest BCUT2D eigenvalue weighted by Gasteiger charge is -2.17. The van der Waals surface area contributed by atoms with Crippen molar-refractivity contribution in [1.82, 2.24) is 0 Å². The summed E-state index contributed by atoms with van der Waals surface area (Å²) in [7, 11) is -8.12. The van der Waals surface area contributed by atoms with E-state index in [0.29, 0.717) is 5.39 Å². The van der Waals surface area contributed by atoms with Gasteiger partial charge in [0.25, 0.3) is 0 Å². The smallest absolute Gasteiger partial charge is 0.112 e. The second-order valence-electron chi connectivity index (χ2n) is 3.79. The standard InChI is InChI=1S/C11H10NO4S2/c1-17(13,14)12-18(15,16)11-7-6-9-4-2-3-5-10(9)8-11/h2-8H,1H3/q-1. The Morgan fingerprint density at radius 2 is 1.50 bits per heavy atom. The summed E-state index contributed by atoms with van der Waals surface area (Å²) in [6.07, 6.45) is 0.742. The molecule has 0 amide bonds. The molecule has 0 aliphatic carbocycles. The molecule has 0 unspecified atom stereocenters. The van der Waals surface area contributed by atoms with Gasteiger partial charge >= 0.3 is 0 Å². The molecule has 0 saturated carbocycles. The van der Waals surface area contributed by atoms with Crippen LogP contribution in [0.15, 0.2) is 47.4 Å². The number of hydrogen-bond acceptors (Lipinski definition) is 4. The van der Waals surface area contributed by atoms with Gasteiger partial charge in [-0.2, -0.15) is 0 Å². The Hall–Kier alpha value is -1.44. The summed E-state index contributed by atoms with van der Waals surface area (Å²) in [4.78, 5) is -0.133. The molecule has 0 bridgehead atoms. The molecule has 18 heavy (non-hydrogen) atoms. The minimum atomic E-state index is -4.17. The van der Waals surface area contributed by atoms with E-state index in [1.807, 2.05) is 12.1 Å². The Balaban J connectivity index is 2.55. The highest BCUT2D eigenvalue weighted by molar-refractivity contribution is 8.11. The number of sulfonamides is 2. The third kappa shape index (κ3) is 2.87. The fourth-order valence-corrected chi connectivity index (χ4v) is 3.84. The monoisotopic (exact) mass is 284 g/mol. The molecule has 0 saturated heterocycles. The van der Waals surface area contributed by atoms with Gasteiger partial charge in [-0.25, -0.2) is 16.8 Å². The van der Waals surface area contributed by atoms with Gasteiger partial charge < -0.3 is 4.13 Å². The maximum atomic E-state index is 11.7. The molecule has 7 heteroatoms. The molecule has 0 spiro atoms. The molecule has 0 atom stereocenters. The highest BCUT2D eigenvalue weighted by Gasteiger charge is 2.08. The lowest BCUT2D eigenvalue weighted by molar-refractivity contribution is 0.598. The van der Waals surface area contributed by atoms with Gasteiger partial charge in [0.05, 0.1) is 10.0 Å². The quantitative estimate of drug-likeness (QED) is 0.861. The van der Waals surface area contributed by atoms with Crippen LogP contribution < -0.4 is 0 Å². The third-order valence-corrected chi connectivity index (χ3v) is 4.97. The maximum Gasteiger partial charge on any atom is 0.112 e. The number of benzene rings is 2. The molecule has 0 aromatic heterocycles. The van der Waals surface area contributed by atoms with Crippen LogP contribution >= 0.6 is 0 Å². The Morgan fingerprint density at radius 1 is 0.889 bits per heavy atom. The predicted octanol–water partition coefficient (Wildman–Crippen LogP) is 1.86. The van der Waals surface area contributed by atoms with E-state index >= 15 is 0 Å². The highest BCUT2D eigenvalue weighted by Crippen LogP contribution is 2.23. The van der Waals surface area contributed by atoms with E-state index in [2.05, 4.69) is 4.13 Å². The lowest BCUT2D eigenvalue weighted by atomic mass is 10.1. The average molecular weight is 284 g/mol. The molecular formula is C11H10NO4S2-. The maximum absolute atomic E-state index is 11.7. The van der Waals surface area contributed by atoms with Crippen molar-refractivity contribution in [2.24, 2.45) is 0 Å². The van der Waals surface area contributed by atoms with Gasteiger partial charge in [-0.1, -0.05) is 30.3 Å². The third-order valence-electron chi connectivity index (χ3n) is 2.25. The van der Waals surface area contributed by atoms with Crippen molar-refractivity contribution in [3.8, 4) is 0 Å². The van der Waals surface area contributed by atoms with Gasteiger partial charge in [0.1, 0.15) is 10.0 Å². The first kappa shape index (κ1) is 13.0. The van der Waals surface area contributed by atoms with E-state index in [1.54, 1.807) is 18.2 Å². The first-order valence-corrected chi connectivity index (χ1v) is 8.25. The predicted molar refractivity (Wildman–Crippen MR) is 69.3 cm³/mol. The molecule has 96 valence electrons. The van der Waals surface area contributed by atoms with E-state index in [1.165, 1.54) is 12.1 Å². The summed E-state index contributed by atoms with van der Waals surface area (Å²) in [5.41, 5.74) is 0. The Morgan fingerprint density at radius 3 is 2.11 bits per heavy atom. The number of hydrogen-bond donors (Lipinski definition) is 0. The lowest BCUT2D eigenvalue weighted by Crippen LogP contribution is -2.05. The van der Waals surface area contributed by atoms with Gasteiger partial charge in [-0.05, 0) is 22.9 Å². The summed E-state index contributed by atoms with van der Waals surface area (Å²) in [6.45, 7) is 0. The largest absolute Gasteiger partial charge is 0.432 e. The summed E-state index contributed by atoms with van der Waals surface area (Å²) in [6, 6.07) is 11.5. The second-order valence-corrected chi connectivity index (χ2v) is 7.28. The fourth-order valence-electron chi connectivity index (χ4n) is 1.55. The van der Waals surface area contributed by atoms with Crippen molar-refractivity contribution in [3.05, 3.63) is 46.6 Å². The van der Waals surface area contributed by atoms with Gasteiger partial charge in [-0.3, -0.25) is 0 Å². The minimum Gasteiger partial charge on any atom is -0.432 e. The van der Waals surface area contributed by atoms with E-state index < -0.39 is 20.0 Å². The van der Waals surface area contributed by atoms with Crippen LogP contribution in [0.2, 0.25) is 0 Å². The van der Waals surface area contributed by atoms with Gasteiger partial charge in [0.2, 0.25) is 0 Å². The van der Waals surface area contributed by atoms with Gasteiger partial charge in [0.15, 0.2) is 0 Å². The van der Waals surface area contributed by atoms with Crippen LogP contribution in [0.1, 0.15) is 0 Å². The summed E-state index contributed by atoms with van der Waals surface area (Å²) in [5, 5.41) is 1.58. The molecule has 0 N–H and O–H groups in total. The topological polar surface area (TPSA) is 82.4 Å². The van der Waals surface area contributed by atoms with E-state index in [-0.39, 0.29) is 4.90 Å². The molecule has 0 radical (unpaired) electrons. The first-order chi connectivity index (χ1) is 8.28. The molecule has 2 aromatic rings. The molecule has 0 fully saturated rings. The highest BCUT2D eigenvalue weighted by atomic mass is 32.3. The molecule has 0 aliphatic rings. The van der Waals surface area contributed by atoms with Crippen LogP contribution in [-0.4, -0.2) is 23.1 Å². The van der Waals surface area contributed by atoms with E-state index in [0.717, 1.165) is 11.6 Å².